The van der Waals surface area contributed by atoms with E-state index in [2.05, 4.69) is 5.32 Å². The first-order chi connectivity index (χ1) is 7.09. The van der Waals surface area contributed by atoms with Gasteiger partial charge in [-0.3, -0.25) is 10.7 Å². The highest BCUT2D eigenvalue weighted by molar-refractivity contribution is 6.08. The first-order valence-electron chi connectivity index (χ1n) is 5.28. The van der Waals surface area contributed by atoms with Crippen molar-refractivity contribution in [2.75, 3.05) is 13.7 Å². The van der Waals surface area contributed by atoms with Gasteiger partial charge in [-0.1, -0.05) is 0 Å². The molecule has 2 amide bonds. The molecule has 2 aliphatic rings. The minimum Gasteiger partial charge on any atom is -0.385 e. The van der Waals surface area contributed by atoms with Crippen LogP contribution in [0.1, 0.15) is 26.2 Å². The quantitative estimate of drug-likeness (QED) is 0.727. The van der Waals surface area contributed by atoms with Crippen molar-refractivity contribution >= 4 is 11.9 Å². The number of amidine groups is 1. The smallest absolute Gasteiger partial charge is 0.323 e. The van der Waals surface area contributed by atoms with Crippen molar-refractivity contribution in [3.63, 3.8) is 0 Å². The second-order valence-corrected chi connectivity index (χ2v) is 4.42. The third-order valence-electron chi connectivity index (χ3n) is 3.23. The van der Waals surface area contributed by atoms with Crippen LogP contribution >= 0.6 is 0 Å². The van der Waals surface area contributed by atoms with E-state index in [0.717, 1.165) is 12.8 Å². The molecule has 2 fully saturated rings. The minimum absolute atomic E-state index is 0.124. The number of hydrogen-bond acceptors (Lipinski definition) is 3. The molecular weight excluding hydrogens is 194 g/mol. The molecule has 1 aliphatic heterocycles. The van der Waals surface area contributed by atoms with Gasteiger partial charge in [0.25, 0.3) is 0 Å². The Kier molecular flexibility index (Phi) is 2.42. The molecular formula is C10H17N3O2. The molecule has 0 aromatic carbocycles. The number of hydrogen-bond donors (Lipinski definition) is 2. The fourth-order valence-electron chi connectivity index (χ4n) is 2.09. The average molecular weight is 211 g/mol. The number of nitrogens with one attached hydrogen (secondary N) is 2. The van der Waals surface area contributed by atoms with Crippen LogP contribution in [0.3, 0.4) is 0 Å². The van der Waals surface area contributed by atoms with Crippen LogP contribution in [0.4, 0.5) is 4.79 Å². The van der Waals surface area contributed by atoms with E-state index in [9.17, 15) is 4.79 Å². The molecule has 0 bridgehead atoms. The summed E-state index contributed by atoms with van der Waals surface area (Å²) in [6.07, 6.45) is 2.80. The molecule has 15 heavy (non-hydrogen) atoms. The number of carbonyl (C=O) groups is 1. The predicted octanol–water partition coefficient (Wildman–Crippen LogP) is 0.946. The number of rotatable bonds is 4. The number of methoxy groups -OCH3 is 1. The van der Waals surface area contributed by atoms with Crippen LogP contribution in [0.25, 0.3) is 0 Å². The number of nitrogens with zero attached hydrogens (tertiary/aromatic N) is 1. The van der Waals surface area contributed by atoms with Crippen LogP contribution in [-0.2, 0) is 4.74 Å². The Morgan fingerprint density at radius 2 is 2.33 bits per heavy atom. The van der Waals surface area contributed by atoms with Crippen LogP contribution in [0.15, 0.2) is 0 Å². The first-order valence-corrected chi connectivity index (χ1v) is 5.28. The van der Waals surface area contributed by atoms with E-state index >= 15 is 0 Å². The van der Waals surface area contributed by atoms with Crippen LogP contribution in [-0.4, -0.2) is 42.1 Å². The molecule has 0 spiro atoms. The lowest BCUT2D eigenvalue weighted by molar-refractivity contribution is 0.129. The van der Waals surface area contributed by atoms with Crippen molar-refractivity contribution in [3.8, 4) is 0 Å². The summed E-state index contributed by atoms with van der Waals surface area (Å²) in [7, 11) is 1.64. The standard InChI is InChI=1S/C10H17N3O2/c1-10(5-6-15-2)8(11)12-9(14)13(10)7-3-4-7/h7H,3-6H2,1-2H3,(H2,11,12,14). The van der Waals surface area contributed by atoms with E-state index in [4.69, 9.17) is 10.1 Å². The summed E-state index contributed by atoms with van der Waals surface area (Å²) in [5.41, 5.74) is -0.492. The molecule has 2 rings (SSSR count). The lowest BCUT2D eigenvalue weighted by atomic mass is 9.96. The fraction of sp³-hybridized carbons (Fsp3) is 0.800. The Hall–Kier alpha value is -1.10. The van der Waals surface area contributed by atoms with Gasteiger partial charge in [-0.15, -0.1) is 0 Å². The zero-order valence-electron chi connectivity index (χ0n) is 9.17. The van der Waals surface area contributed by atoms with E-state index in [1.807, 2.05) is 11.8 Å². The molecule has 0 aromatic rings. The highest BCUT2D eigenvalue weighted by atomic mass is 16.5. The largest absolute Gasteiger partial charge is 0.385 e. The van der Waals surface area contributed by atoms with Crippen molar-refractivity contribution in [3.05, 3.63) is 0 Å². The van der Waals surface area contributed by atoms with E-state index in [-0.39, 0.29) is 6.03 Å². The fourth-order valence-corrected chi connectivity index (χ4v) is 2.09. The number of carbonyl (C=O) groups excluding carboxylic acids is 1. The maximum absolute atomic E-state index is 11.7. The van der Waals surface area contributed by atoms with E-state index in [1.165, 1.54) is 0 Å². The lowest BCUT2D eigenvalue weighted by Gasteiger charge is -2.33. The minimum atomic E-state index is -0.492. The lowest BCUT2D eigenvalue weighted by Crippen LogP contribution is -2.48. The molecule has 84 valence electrons. The van der Waals surface area contributed by atoms with E-state index in [1.54, 1.807) is 7.11 Å². The van der Waals surface area contributed by atoms with Crippen LogP contribution in [0, 0.1) is 5.41 Å². The third-order valence-corrected chi connectivity index (χ3v) is 3.23. The van der Waals surface area contributed by atoms with E-state index in [0.29, 0.717) is 24.9 Å². The van der Waals surface area contributed by atoms with Crippen LogP contribution in [0.5, 0.6) is 0 Å². The van der Waals surface area contributed by atoms with Gasteiger partial charge < -0.3 is 9.64 Å². The van der Waals surface area contributed by atoms with Gasteiger partial charge in [0.2, 0.25) is 0 Å². The molecule has 2 N–H and O–H groups in total. The van der Waals surface area contributed by atoms with Gasteiger partial charge in [0.1, 0.15) is 11.4 Å². The first kappa shape index (κ1) is 10.4. The van der Waals surface area contributed by atoms with E-state index < -0.39 is 5.54 Å². The molecule has 0 radical (unpaired) electrons. The van der Waals surface area contributed by atoms with Crippen molar-refractivity contribution in [1.82, 2.24) is 10.2 Å². The molecule has 0 aromatic heterocycles. The zero-order chi connectivity index (χ0) is 11.1. The van der Waals surface area contributed by atoms with Crippen LogP contribution in [0.2, 0.25) is 0 Å². The van der Waals surface area contributed by atoms with Crippen molar-refractivity contribution in [2.45, 2.75) is 37.8 Å². The Morgan fingerprint density at radius 1 is 1.67 bits per heavy atom. The van der Waals surface area contributed by atoms with Gasteiger partial charge in [-0.25, -0.2) is 4.79 Å². The summed E-state index contributed by atoms with van der Waals surface area (Å²) in [6, 6.07) is 0.204. The Morgan fingerprint density at radius 3 is 2.87 bits per heavy atom. The van der Waals surface area contributed by atoms with Gasteiger partial charge in [0, 0.05) is 26.2 Å². The van der Waals surface area contributed by atoms with Gasteiger partial charge in [-0.05, 0) is 19.8 Å². The Bertz CT molecular complexity index is 301. The van der Waals surface area contributed by atoms with Crippen LogP contribution < -0.4 is 5.32 Å². The molecule has 1 heterocycles. The summed E-state index contributed by atoms with van der Waals surface area (Å²) in [6.45, 7) is 2.50. The monoisotopic (exact) mass is 211 g/mol. The van der Waals surface area contributed by atoms with Gasteiger partial charge in [-0.2, -0.15) is 0 Å². The van der Waals surface area contributed by atoms with Gasteiger partial charge in [0.05, 0.1) is 0 Å². The molecule has 5 heteroatoms. The van der Waals surface area contributed by atoms with Gasteiger partial charge >= 0.3 is 6.03 Å². The SMILES string of the molecule is COCCC1(C)C(=N)NC(=O)N1C1CC1. The highest BCUT2D eigenvalue weighted by Crippen LogP contribution is 2.37. The summed E-state index contributed by atoms with van der Waals surface area (Å²) in [5.74, 6) is 0.302. The number of ether oxygens (including phenoxy) is 1. The molecule has 5 nitrogen and oxygen atoms in total. The second kappa shape index (κ2) is 3.48. The Labute approximate surface area is 89.3 Å². The molecule has 1 aliphatic carbocycles. The van der Waals surface area contributed by atoms with Crippen molar-refractivity contribution < 1.29 is 9.53 Å². The predicted molar refractivity (Wildman–Crippen MR) is 56.0 cm³/mol. The zero-order valence-corrected chi connectivity index (χ0v) is 9.17. The van der Waals surface area contributed by atoms with Gasteiger partial charge in [0.15, 0.2) is 0 Å². The normalized spacial score (nSPS) is 30.9. The number of urea groups is 1. The molecule has 1 atom stereocenters. The summed E-state index contributed by atoms with van der Waals surface area (Å²) < 4.78 is 5.04. The van der Waals surface area contributed by atoms with Crippen molar-refractivity contribution in [1.29, 1.82) is 5.41 Å². The summed E-state index contributed by atoms with van der Waals surface area (Å²) in [5, 5.41) is 10.4. The average Bonchev–Trinajstić information content (AvgIpc) is 2.95. The third kappa shape index (κ3) is 1.61. The topological polar surface area (TPSA) is 65.4 Å². The highest BCUT2D eigenvalue weighted by Gasteiger charge is 2.51. The molecule has 1 saturated carbocycles. The second-order valence-electron chi connectivity index (χ2n) is 4.42. The molecule has 1 saturated heterocycles. The maximum atomic E-state index is 11.7. The number of amides is 2. The molecule has 1 unspecified atom stereocenters. The summed E-state index contributed by atoms with van der Waals surface area (Å²) in [4.78, 5) is 13.5. The Balaban J connectivity index is 2.17. The summed E-state index contributed by atoms with van der Waals surface area (Å²) >= 11 is 0. The van der Waals surface area contributed by atoms with Crippen molar-refractivity contribution in [2.24, 2.45) is 0 Å². The maximum Gasteiger partial charge on any atom is 0.323 e.